The van der Waals surface area contributed by atoms with Gasteiger partial charge in [-0.05, 0) is 64.0 Å². The molecular formula is C17H34N2O. The van der Waals surface area contributed by atoms with Gasteiger partial charge in [-0.15, -0.1) is 0 Å². The minimum Gasteiger partial charge on any atom is -0.393 e. The van der Waals surface area contributed by atoms with Crippen molar-refractivity contribution in [1.29, 1.82) is 0 Å². The molecule has 2 N–H and O–H groups in total. The summed E-state index contributed by atoms with van der Waals surface area (Å²) in [5, 5.41) is 13.2. The second-order valence-electron chi connectivity index (χ2n) is 6.89. The van der Waals surface area contributed by atoms with Crippen LogP contribution in [0.3, 0.4) is 0 Å². The maximum Gasteiger partial charge on any atom is 0.0564 e. The van der Waals surface area contributed by atoms with E-state index in [1.807, 2.05) is 0 Å². The predicted octanol–water partition coefficient (Wildman–Crippen LogP) is 2.78. The summed E-state index contributed by atoms with van der Waals surface area (Å²) in [6, 6.07) is 0.784. The molecule has 0 aromatic rings. The fraction of sp³-hybridized carbons (Fsp3) is 1.00. The molecule has 0 aromatic heterocycles. The molecule has 2 rings (SSSR count). The molecule has 0 spiro atoms. The number of hydrogen-bond donors (Lipinski definition) is 2. The molecule has 1 aliphatic carbocycles. The van der Waals surface area contributed by atoms with Gasteiger partial charge in [0.05, 0.1) is 6.10 Å². The van der Waals surface area contributed by atoms with Crippen molar-refractivity contribution in [1.82, 2.24) is 10.2 Å². The highest BCUT2D eigenvalue weighted by atomic mass is 16.3. The Hall–Kier alpha value is -0.120. The largest absolute Gasteiger partial charge is 0.393 e. The lowest BCUT2D eigenvalue weighted by Gasteiger charge is -2.31. The molecule has 0 aromatic carbocycles. The second kappa shape index (κ2) is 9.01. The van der Waals surface area contributed by atoms with Crippen LogP contribution in [0.2, 0.25) is 0 Å². The van der Waals surface area contributed by atoms with E-state index >= 15 is 0 Å². The highest BCUT2D eigenvalue weighted by Crippen LogP contribution is 2.27. The minimum atomic E-state index is -0.0392. The van der Waals surface area contributed by atoms with E-state index in [1.54, 1.807) is 0 Å². The first-order valence-electron chi connectivity index (χ1n) is 8.91. The fourth-order valence-corrected chi connectivity index (χ4v) is 3.82. The van der Waals surface area contributed by atoms with Crippen LogP contribution in [0.25, 0.3) is 0 Å². The summed E-state index contributed by atoms with van der Waals surface area (Å²) in [4.78, 5) is 2.51. The summed E-state index contributed by atoms with van der Waals surface area (Å²) in [6.07, 6.45) is 11.6. The molecule has 118 valence electrons. The van der Waals surface area contributed by atoms with Crippen molar-refractivity contribution in [3.63, 3.8) is 0 Å². The zero-order valence-corrected chi connectivity index (χ0v) is 13.3. The van der Waals surface area contributed by atoms with Gasteiger partial charge >= 0.3 is 0 Å². The summed E-state index contributed by atoms with van der Waals surface area (Å²) < 4.78 is 0. The van der Waals surface area contributed by atoms with Crippen molar-refractivity contribution in [2.24, 2.45) is 5.92 Å². The monoisotopic (exact) mass is 282 g/mol. The Morgan fingerprint density at radius 2 is 1.75 bits per heavy atom. The molecular weight excluding hydrogens is 248 g/mol. The first-order valence-corrected chi connectivity index (χ1v) is 8.91. The quantitative estimate of drug-likeness (QED) is 0.705. The van der Waals surface area contributed by atoms with Gasteiger partial charge in [0.1, 0.15) is 0 Å². The number of hydrogen-bond acceptors (Lipinski definition) is 3. The van der Waals surface area contributed by atoms with Gasteiger partial charge in [-0.25, -0.2) is 0 Å². The number of likely N-dealkylation sites (tertiary alicyclic amines) is 1. The molecule has 1 heterocycles. The van der Waals surface area contributed by atoms with Crippen LogP contribution >= 0.6 is 0 Å². The molecule has 20 heavy (non-hydrogen) atoms. The van der Waals surface area contributed by atoms with Gasteiger partial charge in [-0.2, -0.15) is 0 Å². The van der Waals surface area contributed by atoms with Crippen LogP contribution < -0.4 is 5.32 Å². The highest BCUT2D eigenvalue weighted by molar-refractivity contribution is 4.77. The van der Waals surface area contributed by atoms with Crippen molar-refractivity contribution in [3.05, 3.63) is 0 Å². The van der Waals surface area contributed by atoms with E-state index in [9.17, 15) is 5.11 Å². The normalized spacial score (nSPS) is 29.7. The molecule has 3 nitrogen and oxygen atoms in total. The van der Waals surface area contributed by atoms with Gasteiger partial charge in [0.25, 0.3) is 0 Å². The molecule has 2 aliphatic rings. The third-order valence-electron chi connectivity index (χ3n) is 5.18. The van der Waals surface area contributed by atoms with Crippen molar-refractivity contribution in [2.45, 2.75) is 76.9 Å². The Morgan fingerprint density at radius 1 is 1.05 bits per heavy atom. The van der Waals surface area contributed by atoms with E-state index in [4.69, 9.17) is 0 Å². The fourth-order valence-electron chi connectivity index (χ4n) is 3.82. The van der Waals surface area contributed by atoms with Crippen molar-refractivity contribution < 1.29 is 5.11 Å². The summed E-state index contributed by atoms with van der Waals surface area (Å²) in [6.45, 7) is 6.85. The molecule has 1 saturated carbocycles. The number of aliphatic hydroxyl groups is 1. The van der Waals surface area contributed by atoms with Gasteiger partial charge < -0.3 is 15.3 Å². The van der Waals surface area contributed by atoms with Gasteiger partial charge in [0.15, 0.2) is 0 Å². The number of nitrogens with zero attached hydrogens (tertiary/aromatic N) is 1. The third kappa shape index (κ3) is 5.71. The lowest BCUT2D eigenvalue weighted by Crippen LogP contribution is -2.38. The van der Waals surface area contributed by atoms with E-state index in [2.05, 4.69) is 17.1 Å². The molecule has 1 aliphatic heterocycles. The van der Waals surface area contributed by atoms with E-state index in [0.29, 0.717) is 0 Å². The lowest BCUT2D eigenvalue weighted by atomic mass is 9.83. The lowest BCUT2D eigenvalue weighted by molar-refractivity contribution is 0.0819. The van der Waals surface area contributed by atoms with E-state index in [0.717, 1.165) is 37.9 Å². The molecule has 3 heteroatoms. The Balaban J connectivity index is 1.47. The van der Waals surface area contributed by atoms with Crippen LogP contribution in [-0.2, 0) is 0 Å². The smallest absolute Gasteiger partial charge is 0.0564 e. The first kappa shape index (κ1) is 16.3. The van der Waals surface area contributed by atoms with Crippen molar-refractivity contribution in [3.8, 4) is 0 Å². The van der Waals surface area contributed by atoms with Gasteiger partial charge in [-0.1, -0.05) is 19.8 Å². The Labute approximate surface area is 125 Å². The van der Waals surface area contributed by atoms with Gasteiger partial charge in [0.2, 0.25) is 0 Å². The molecule has 0 radical (unpaired) electrons. The Bertz CT molecular complexity index is 243. The van der Waals surface area contributed by atoms with E-state index < -0.39 is 0 Å². The molecule has 0 amide bonds. The summed E-state index contributed by atoms with van der Waals surface area (Å²) in [7, 11) is 0. The maximum absolute atomic E-state index is 9.49. The highest BCUT2D eigenvalue weighted by Gasteiger charge is 2.20. The second-order valence-corrected chi connectivity index (χ2v) is 6.89. The van der Waals surface area contributed by atoms with Crippen LogP contribution in [0.15, 0.2) is 0 Å². The van der Waals surface area contributed by atoms with E-state index in [1.165, 1.54) is 58.0 Å². The molecule has 2 fully saturated rings. The van der Waals surface area contributed by atoms with Crippen LogP contribution in [0.4, 0.5) is 0 Å². The molecule has 1 saturated heterocycles. The van der Waals surface area contributed by atoms with Crippen LogP contribution in [0.1, 0.15) is 64.7 Å². The van der Waals surface area contributed by atoms with E-state index in [-0.39, 0.29) is 6.10 Å². The number of piperidine rings is 1. The zero-order chi connectivity index (χ0) is 14.2. The summed E-state index contributed by atoms with van der Waals surface area (Å²) in [5.41, 5.74) is 0. The summed E-state index contributed by atoms with van der Waals surface area (Å²) >= 11 is 0. The third-order valence-corrected chi connectivity index (χ3v) is 5.18. The van der Waals surface area contributed by atoms with Crippen LogP contribution in [0, 0.1) is 5.92 Å². The van der Waals surface area contributed by atoms with Crippen molar-refractivity contribution in [2.75, 3.05) is 26.2 Å². The molecule has 0 bridgehead atoms. The van der Waals surface area contributed by atoms with Gasteiger partial charge in [0, 0.05) is 19.1 Å². The topological polar surface area (TPSA) is 35.5 Å². The number of nitrogens with one attached hydrogen (secondary N) is 1. The first-order chi connectivity index (χ1) is 9.78. The van der Waals surface area contributed by atoms with Gasteiger partial charge in [-0.3, -0.25) is 0 Å². The zero-order valence-electron chi connectivity index (χ0n) is 13.3. The average molecular weight is 282 g/mol. The predicted molar refractivity (Wildman–Crippen MR) is 85.0 cm³/mol. The molecule has 0 unspecified atom stereocenters. The number of rotatable bonds is 7. The van der Waals surface area contributed by atoms with Crippen LogP contribution in [-0.4, -0.2) is 48.3 Å². The Morgan fingerprint density at radius 3 is 2.40 bits per heavy atom. The maximum atomic E-state index is 9.49. The average Bonchev–Trinajstić information content (AvgIpc) is 2.47. The van der Waals surface area contributed by atoms with Crippen LogP contribution in [0.5, 0.6) is 0 Å². The number of aliphatic hydroxyl groups excluding tert-OH is 1. The molecule has 0 atom stereocenters. The Kier molecular flexibility index (Phi) is 7.32. The van der Waals surface area contributed by atoms with Crippen molar-refractivity contribution >= 4 is 0 Å². The minimum absolute atomic E-state index is 0.0392. The summed E-state index contributed by atoms with van der Waals surface area (Å²) in [5.74, 6) is 1.01. The standard InChI is InChI=1S/C17H34N2O/c1-2-4-15-5-7-16(8-6-15)18-11-3-12-19-13-9-17(20)10-14-19/h15-18,20H,2-14H2,1H3. The SMILES string of the molecule is CCCC1CCC(NCCCN2CCC(O)CC2)CC1.